The third-order valence-electron chi connectivity index (χ3n) is 3.79. The topological polar surface area (TPSA) is 49.4 Å². The van der Waals surface area contributed by atoms with Crippen molar-refractivity contribution in [3.05, 3.63) is 29.3 Å². The third-order valence-corrected chi connectivity index (χ3v) is 3.79. The van der Waals surface area contributed by atoms with E-state index in [0.29, 0.717) is 12.0 Å². The van der Waals surface area contributed by atoms with Crippen LogP contribution < -0.4 is 10.2 Å². The van der Waals surface area contributed by atoms with Crippen LogP contribution in [0.15, 0.2) is 18.2 Å². The molecule has 1 N–H and O–H groups in total. The van der Waals surface area contributed by atoms with Crippen LogP contribution in [-0.2, 0) is 9.59 Å². The summed E-state index contributed by atoms with van der Waals surface area (Å²) < 4.78 is 0. The van der Waals surface area contributed by atoms with Gasteiger partial charge in [-0.15, -0.1) is 0 Å². The summed E-state index contributed by atoms with van der Waals surface area (Å²) in [6.45, 7) is 7.79. The van der Waals surface area contributed by atoms with Gasteiger partial charge in [-0.2, -0.15) is 0 Å². The number of benzene rings is 1. The van der Waals surface area contributed by atoms with Crippen molar-refractivity contribution in [1.29, 1.82) is 0 Å². The molecule has 114 valence electrons. The number of nitrogens with one attached hydrogen (secondary N) is 1. The fourth-order valence-corrected chi connectivity index (χ4v) is 2.51. The number of rotatable bonds is 5. The van der Waals surface area contributed by atoms with Gasteiger partial charge in [-0.25, -0.2) is 0 Å². The summed E-state index contributed by atoms with van der Waals surface area (Å²) in [5.41, 5.74) is 3.01. The molecule has 1 aliphatic rings. The summed E-state index contributed by atoms with van der Waals surface area (Å²) in [6, 6.07) is 6.32. The maximum atomic E-state index is 12.1. The van der Waals surface area contributed by atoms with E-state index in [1.165, 1.54) is 6.92 Å². The number of nitrogens with zero attached hydrogens (tertiary/aromatic N) is 1. The molecule has 0 aromatic heterocycles. The molecule has 1 fully saturated rings. The van der Waals surface area contributed by atoms with Crippen LogP contribution in [0, 0.1) is 6.92 Å². The van der Waals surface area contributed by atoms with Crippen molar-refractivity contribution < 1.29 is 9.59 Å². The molecular weight excluding hydrogens is 264 g/mol. The lowest BCUT2D eigenvalue weighted by atomic mass is 9.97. The van der Waals surface area contributed by atoms with Gasteiger partial charge < -0.3 is 10.2 Å². The standard InChI is InChI=1S/C17H24N2O2/c1-11(2)15-7-5-6-12(3)17(15)19(13(4)20)10-16(21)18-14-8-9-14/h5-7,11,14H,8-10H2,1-4H3,(H,18,21). The van der Waals surface area contributed by atoms with Gasteiger partial charge in [0.1, 0.15) is 6.54 Å². The maximum Gasteiger partial charge on any atom is 0.240 e. The fraction of sp³-hybridized carbons (Fsp3) is 0.529. The molecule has 2 rings (SSSR count). The average Bonchev–Trinajstić information content (AvgIpc) is 3.19. The van der Waals surface area contributed by atoms with Gasteiger partial charge in [-0.3, -0.25) is 9.59 Å². The second-order valence-corrected chi connectivity index (χ2v) is 6.11. The summed E-state index contributed by atoms with van der Waals surface area (Å²) >= 11 is 0. The van der Waals surface area contributed by atoms with E-state index >= 15 is 0 Å². The summed E-state index contributed by atoms with van der Waals surface area (Å²) in [5, 5.41) is 2.94. The molecule has 1 aromatic rings. The lowest BCUT2D eigenvalue weighted by Crippen LogP contribution is -2.41. The SMILES string of the molecule is CC(=O)N(CC(=O)NC1CC1)c1c(C)cccc1C(C)C. The molecule has 4 heteroatoms. The Balaban J connectivity index is 2.28. The van der Waals surface area contributed by atoms with Crippen LogP contribution in [0.5, 0.6) is 0 Å². The summed E-state index contributed by atoms with van der Waals surface area (Å²) in [6.07, 6.45) is 2.10. The Morgan fingerprint density at radius 3 is 2.52 bits per heavy atom. The highest BCUT2D eigenvalue weighted by atomic mass is 16.2. The van der Waals surface area contributed by atoms with Crippen LogP contribution >= 0.6 is 0 Å². The molecule has 1 aromatic carbocycles. The molecule has 0 spiro atoms. The highest BCUT2D eigenvalue weighted by Gasteiger charge is 2.26. The van der Waals surface area contributed by atoms with Crippen molar-refractivity contribution in [2.45, 2.75) is 52.5 Å². The molecule has 0 saturated heterocycles. The first-order valence-electron chi connectivity index (χ1n) is 7.57. The van der Waals surface area contributed by atoms with Crippen LogP contribution in [0.2, 0.25) is 0 Å². The van der Waals surface area contributed by atoms with Gasteiger partial charge in [0.25, 0.3) is 0 Å². The second kappa shape index (κ2) is 6.29. The van der Waals surface area contributed by atoms with Gasteiger partial charge in [0.2, 0.25) is 11.8 Å². The first kappa shape index (κ1) is 15.5. The van der Waals surface area contributed by atoms with Crippen LogP contribution in [0.1, 0.15) is 50.7 Å². The summed E-state index contributed by atoms with van der Waals surface area (Å²) in [4.78, 5) is 25.7. The maximum absolute atomic E-state index is 12.1. The zero-order chi connectivity index (χ0) is 15.6. The molecule has 0 bridgehead atoms. The van der Waals surface area contributed by atoms with Crippen molar-refractivity contribution in [2.75, 3.05) is 11.4 Å². The second-order valence-electron chi connectivity index (χ2n) is 6.11. The lowest BCUT2D eigenvalue weighted by molar-refractivity contribution is -0.123. The Bertz CT molecular complexity index is 548. The minimum atomic E-state index is -0.0999. The predicted octanol–water partition coefficient (Wildman–Crippen LogP) is 2.75. The van der Waals surface area contributed by atoms with Gasteiger partial charge in [0.05, 0.1) is 5.69 Å². The Hall–Kier alpha value is -1.84. The Kier molecular flexibility index (Phi) is 4.66. The number of amides is 2. The molecule has 0 unspecified atom stereocenters. The van der Waals surface area contributed by atoms with Crippen molar-refractivity contribution >= 4 is 17.5 Å². The largest absolute Gasteiger partial charge is 0.352 e. The zero-order valence-corrected chi connectivity index (χ0v) is 13.3. The molecule has 0 radical (unpaired) electrons. The van der Waals surface area contributed by atoms with Crippen molar-refractivity contribution in [3.63, 3.8) is 0 Å². The first-order chi connectivity index (χ1) is 9.90. The molecule has 0 heterocycles. The van der Waals surface area contributed by atoms with Crippen LogP contribution in [0.4, 0.5) is 5.69 Å². The van der Waals surface area contributed by atoms with Crippen LogP contribution in [0.25, 0.3) is 0 Å². The predicted molar refractivity (Wildman–Crippen MR) is 84.5 cm³/mol. The van der Waals surface area contributed by atoms with Crippen molar-refractivity contribution in [1.82, 2.24) is 5.32 Å². The summed E-state index contributed by atoms with van der Waals surface area (Å²) in [5.74, 6) is 0.121. The fourth-order valence-electron chi connectivity index (χ4n) is 2.51. The molecule has 21 heavy (non-hydrogen) atoms. The van der Waals surface area contributed by atoms with E-state index < -0.39 is 0 Å². The molecule has 4 nitrogen and oxygen atoms in total. The van der Waals surface area contributed by atoms with Crippen LogP contribution in [0.3, 0.4) is 0 Å². The molecule has 2 amide bonds. The highest BCUT2D eigenvalue weighted by molar-refractivity contribution is 5.99. The van der Waals surface area contributed by atoms with Crippen molar-refractivity contribution in [2.24, 2.45) is 0 Å². The minimum absolute atomic E-state index is 0.0781. The number of hydrogen-bond acceptors (Lipinski definition) is 2. The number of carbonyl (C=O) groups is 2. The molecular formula is C17H24N2O2. The Labute approximate surface area is 126 Å². The highest BCUT2D eigenvalue weighted by Crippen LogP contribution is 2.31. The van der Waals surface area contributed by atoms with E-state index in [-0.39, 0.29) is 18.4 Å². The smallest absolute Gasteiger partial charge is 0.240 e. The van der Waals surface area contributed by atoms with E-state index in [4.69, 9.17) is 0 Å². The van der Waals surface area contributed by atoms with Crippen molar-refractivity contribution in [3.8, 4) is 0 Å². The lowest BCUT2D eigenvalue weighted by Gasteiger charge is -2.26. The first-order valence-corrected chi connectivity index (χ1v) is 7.57. The van der Waals surface area contributed by atoms with Gasteiger partial charge in [-0.05, 0) is 36.8 Å². The minimum Gasteiger partial charge on any atom is -0.352 e. The van der Waals surface area contributed by atoms with E-state index in [0.717, 1.165) is 29.7 Å². The normalized spacial score (nSPS) is 14.1. The number of para-hydroxylation sites is 1. The van der Waals surface area contributed by atoms with E-state index in [1.807, 2.05) is 25.1 Å². The van der Waals surface area contributed by atoms with Gasteiger partial charge in [0.15, 0.2) is 0 Å². The molecule has 1 aliphatic carbocycles. The Morgan fingerprint density at radius 1 is 1.33 bits per heavy atom. The van der Waals surface area contributed by atoms with Gasteiger partial charge >= 0.3 is 0 Å². The number of carbonyl (C=O) groups excluding carboxylic acids is 2. The van der Waals surface area contributed by atoms with E-state index in [9.17, 15) is 9.59 Å². The summed E-state index contributed by atoms with van der Waals surface area (Å²) in [7, 11) is 0. The molecule has 0 aliphatic heterocycles. The molecule has 1 saturated carbocycles. The number of hydrogen-bond donors (Lipinski definition) is 1. The third kappa shape index (κ3) is 3.84. The quantitative estimate of drug-likeness (QED) is 0.905. The van der Waals surface area contributed by atoms with E-state index in [2.05, 4.69) is 19.2 Å². The monoisotopic (exact) mass is 288 g/mol. The zero-order valence-electron chi connectivity index (χ0n) is 13.3. The number of aryl methyl sites for hydroxylation is 1. The Morgan fingerprint density at radius 2 is 2.00 bits per heavy atom. The van der Waals surface area contributed by atoms with Gasteiger partial charge in [0, 0.05) is 13.0 Å². The van der Waals surface area contributed by atoms with Crippen LogP contribution in [-0.4, -0.2) is 24.4 Å². The molecule has 0 atom stereocenters. The van der Waals surface area contributed by atoms with E-state index in [1.54, 1.807) is 4.90 Å². The average molecular weight is 288 g/mol. The van der Waals surface area contributed by atoms with Gasteiger partial charge in [-0.1, -0.05) is 32.0 Å². The number of anilines is 1.